The lowest BCUT2D eigenvalue weighted by Gasteiger charge is -2.10. The van der Waals surface area contributed by atoms with Gasteiger partial charge >= 0.3 is 0 Å². The number of nitrogens with zero attached hydrogens (tertiary/aromatic N) is 1. The average Bonchev–Trinajstić information content (AvgIpc) is 2.82. The maximum Gasteiger partial charge on any atom is 0.275 e. The standard InChI is InChI=1S/C27H23IN2O3/c1-18-6-5-7-20(12-18)17-33-25-11-10-19(13-24(25)28)16-29-30-27(31)23-14-21-8-3-4-9-22(21)15-26(23)32-2/h3-16H,17H2,1-2H3,(H,30,31)/b29-16-. The average molecular weight is 550 g/mol. The molecule has 4 aromatic carbocycles. The number of aryl methyl sites for hydroxylation is 1. The highest BCUT2D eigenvalue weighted by Crippen LogP contribution is 2.26. The number of benzene rings is 4. The molecule has 0 radical (unpaired) electrons. The Bertz CT molecular complexity index is 1330. The van der Waals surface area contributed by atoms with Crippen molar-refractivity contribution in [2.45, 2.75) is 13.5 Å². The number of hydrazone groups is 1. The van der Waals surface area contributed by atoms with Gasteiger partial charge in [-0.15, -0.1) is 0 Å². The van der Waals surface area contributed by atoms with Crippen molar-refractivity contribution >= 4 is 45.5 Å². The van der Waals surface area contributed by atoms with Gasteiger partial charge in [0, 0.05) is 0 Å². The monoisotopic (exact) mass is 550 g/mol. The number of carbonyl (C=O) groups is 1. The Balaban J connectivity index is 1.41. The molecule has 6 heteroatoms. The SMILES string of the molecule is COc1cc2ccccc2cc1C(=O)N/N=C\c1ccc(OCc2cccc(C)c2)c(I)c1. The molecule has 0 atom stereocenters. The summed E-state index contributed by atoms with van der Waals surface area (Å²) < 4.78 is 12.3. The zero-order valence-corrected chi connectivity index (χ0v) is 20.5. The van der Waals surface area contributed by atoms with E-state index in [0.29, 0.717) is 17.9 Å². The van der Waals surface area contributed by atoms with Crippen LogP contribution in [0.4, 0.5) is 0 Å². The van der Waals surface area contributed by atoms with Gasteiger partial charge in [-0.3, -0.25) is 4.79 Å². The Labute approximate surface area is 206 Å². The van der Waals surface area contributed by atoms with Gasteiger partial charge < -0.3 is 9.47 Å². The summed E-state index contributed by atoms with van der Waals surface area (Å²) in [7, 11) is 1.55. The van der Waals surface area contributed by atoms with Crippen LogP contribution in [0.15, 0.2) is 84.0 Å². The van der Waals surface area contributed by atoms with E-state index < -0.39 is 0 Å². The summed E-state index contributed by atoms with van der Waals surface area (Å²) in [5, 5.41) is 6.09. The van der Waals surface area contributed by atoms with Crippen molar-refractivity contribution in [2.75, 3.05) is 7.11 Å². The van der Waals surface area contributed by atoms with Crippen LogP contribution in [0.5, 0.6) is 11.5 Å². The molecule has 0 fully saturated rings. The second-order valence-electron chi connectivity index (χ2n) is 7.57. The lowest BCUT2D eigenvalue weighted by atomic mass is 10.1. The van der Waals surface area contributed by atoms with E-state index in [1.807, 2.05) is 66.7 Å². The molecular formula is C27H23IN2O3. The van der Waals surface area contributed by atoms with Gasteiger partial charge in [-0.2, -0.15) is 5.10 Å². The second kappa shape index (κ2) is 10.5. The lowest BCUT2D eigenvalue weighted by Crippen LogP contribution is -2.18. The van der Waals surface area contributed by atoms with Crippen LogP contribution in [0.25, 0.3) is 10.8 Å². The van der Waals surface area contributed by atoms with Crippen molar-refractivity contribution in [3.8, 4) is 11.5 Å². The Morgan fingerprint density at radius 1 is 0.970 bits per heavy atom. The van der Waals surface area contributed by atoms with Gasteiger partial charge in [0.1, 0.15) is 18.1 Å². The first kappa shape index (κ1) is 22.8. The molecule has 0 saturated heterocycles. The normalized spacial score (nSPS) is 11.0. The zero-order valence-electron chi connectivity index (χ0n) is 18.3. The predicted molar refractivity (Wildman–Crippen MR) is 140 cm³/mol. The zero-order chi connectivity index (χ0) is 23.2. The summed E-state index contributed by atoms with van der Waals surface area (Å²) >= 11 is 2.24. The molecule has 0 spiro atoms. The van der Waals surface area contributed by atoms with Gasteiger partial charge in [-0.05, 0) is 81.7 Å². The molecule has 0 aromatic heterocycles. The first-order chi connectivity index (χ1) is 16.0. The number of hydrogen-bond donors (Lipinski definition) is 1. The summed E-state index contributed by atoms with van der Waals surface area (Å²) in [6.45, 7) is 2.57. The Morgan fingerprint density at radius 3 is 2.48 bits per heavy atom. The van der Waals surface area contributed by atoms with Gasteiger partial charge in [0.05, 0.1) is 22.5 Å². The summed E-state index contributed by atoms with van der Waals surface area (Å²) in [6.07, 6.45) is 1.61. The molecule has 1 amide bonds. The molecule has 1 N–H and O–H groups in total. The predicted octanol–water partition coefficient (Wildman–Crippen LogP) is 6.10. The van der Waals surface area contributed by atoms with Crippen LogP contribution in [-0.2, 0) is 6.61 Å². The maximum absolute atomic E-state index is 12.7. The van der Waals surface area contributed by atoms with Crippen LogP contribution in [0, 0.1) is 10.5 Å². The van der Waals surface area contributed by atoms with E-state index in [1.165, 1.54) is 5.56 Å². The Hall–Kier alpha value is -3.39. The second-order valence-corrected chi connectivity index (χ2v) is 8.73. The van der Waals surface area contributed by atoms with Gasteiger partial charge in [0.2, 0.25) is 0 Å². The molecule has 0 saturated carbocycles. The van der Waals surface area contributed by atoms with E-state index >= 15 is 0 Å². The fourth-order valence-corrected chi connectivity index (χ4v) is 4.16. The van der Waals surface area contributed by atoms with Crippen LogP contribution in [0.3, 0.4) is 0 Å². The van der Waals surface area contributed by atoms with E-state index in [1.54, 1.807) is 13.3 Å². The van der Waals surface area contributed by atoms with Gasteiger partial charge in [0.25, 0.3) is 5.91 Å². The third-order valence-electron chi connectivity index (χ3n) is 5.12. The van der Waals surface area contributed by atoms with E-state index in [4.69, 9.17) is 9.47 Å². The molecular weight excluding hydrogens is 527 g/mol. The Kier molecular flexibility index (Phi) is 7.24. The van der Waals surface area contributed by atoms with E-state index in [0.717, 1.165) is 31.2 Å². The summed E-state index contributed by atoms with van der Waals surface area (Å²) in [5.41, 5.74) is 6.21. The molecule has 0 bridgehead atoms. The number of rotatable bonds is 7. The van der Waals surface area contributed by atoms with E-state index in [-0.39, 0.29) is 5.91 Å². The largest absolute Gasteiger partial charge is 0.496 e. The van der Waals surface area contributed by atoms with E-state index in [2.05, 4.69) is 52.2 Å². The first-order valence-electron chi connectivity index (χ1n) is 10.4. The van der Waals surface area contributed by atoms with Crippen molar-refractivity contribution < 1.29 is 14.3 Å². The number of fused-ring (bicyclic) bond motifs is 1. The number of amides is 1. The van der Waals surface area contributed by atoms with Crippen molar-refractivity contribution in [1.82, 2.24) is 5.43 Å². The third-order valence-corrected chi connectivity index (χ3v) is 5.97. The van der Waals surface area contributed by atoms with Crippen LogP contribution >= 0.6 is 22.6 Å². The molecule has 4 rings (SSSR count). The maximum atomic E-state index is 12.7. The van der Waals surface area contributed by atoms with Crippen molar-refractivity contribution in [3.05, 3.63) is 105 Å². The van der Waals surface area contributed by atoms with Gasteiger partial charge in [-0.1, -0.05) is 54.1 Å². The van der Waals surface area contributed by atoms with Crippen molar-refractivity contribution in [3.63, 3.8) is 0 Å². The minimum Gasteiger partial charge on any atom is -0.496 e. The van der Waals surface area contributed by atoms with Crippen LogP contribution in [0.2, 0.25) is 0 Å². The molecule has 33 heavy (non-hydrogen) atoms. The molecule has 0 aliphatic heterocycles. The fraction of sp³-hybridized carbons (Fsp3) is 0.111. The minimum absolute atomic E-state index is 0.332. The molecule has 4 aromatic rings. The summed E-state index contributed by atoms with van der Waals surface area (Å²) in [4.78, 5) is 12.7. The van der Waals surface area contributed by atoms with Gasteiger partial charge in [-0.25, -0.2) is 5.43 Å². The summed E-state index contributed by atoms with van der Waals surface area (Å²) in [5.74, 6) is 0.979. The third kappa shape index (κ3) is 5.70. The van der Waals surface area contributed by atoms with Crippen molar-refractivity contribution in [2.24, 2.45) is 5.10 Å². The smallest absolute Gasteiger partial charge is 0.275 e. The number of carbonyl (C=O) groups excluding carboxylic acids is 1. The number of methoxy groups -OCH3 is 1. The minimum atomic E-state index is -0.332. The molecule has 5 nitrogen and oxygen atoms in total. The summed E-state index contributed by atoms with van der Waals surface area (Å²) in [6, 6.07) is 25.5. The molecule has 0 heterocycles. The Morgan fingerprint density at radius 2 is 1.76 bits per heavy atom. The van der Waals surface area contributed by atoms with E-state index in [9.17, 15) is 4.79 Å². The fourth-order valence-electron chi connectivity index (χ4n) is 3.47. The van der Waals surface area contributed by atoms with Crippen molar-refractivity contribution in [1.29, 1.82) is 0 Å². The quantitative estimate of drug-likeness (QED) is 0.172. The molecule has 0 aliphatic rings. The van der Waals surface area contributed by atoms with Crippen LogP contribution < -0.4 is 14.9 Å². The van der Waals surface area contributed by atoms with Gasteiger partial charge in [0.15, 0.2) is 0 Å². The van der Waals surface area contributed by atoms with Crippen LogP contribution in [-0.4, -0.2) is 19.2 Å². The highest BCUT2D eigenvalue weighted by atomic mass is 127. The molecule has 0 aliphatic carbocycles. The number of hydrogen-bond acceptors (Lipinski definition) is 4. The topological polar surface area (TPSA) is 59.9 Å². The molecule has 166 valence electrons. The highest BCUT2D eigenvalue weighted by Gasteiger charge is 2.13. The molecule has 0 unspecified atom stereocenters. The first-order valence-corrected chi connectivity index (χ1v) is 11.5. The van der Waals surface area contributed by atoms with Crippen LogP contribution in [0.1, 0.15) is 27.0 Å². The lowest BCUT2D eigenvalue weighted by molar-refractivity contribution is 0.0952. The number of halogens is 1. The highest BCUT2D eigenvalue weighted by molar-refractivity contribution is 14.1. The number of nitrogens with one attached hydrogen (secondary N) is 1. The number of ether oxygens (including phenoxy) is 2.